The maximum absolute atomic E-state index is 12.8. The summed E-state index contributed by atoms with van der Waals surface area (Å²) < 4.78 is 12.8. The number of carbonyl (C=O) groups excluding carboxylic acids is 1. The van der Waals surface area contributed by atoms with Crippen molar-refractivity contribution in [2.75, 3.05) is 13.2 Å². The largest absolute Gasteiger partial charge is 0.489 e. The number of nitrogens with one attached hydrogen (secondary N) is 2. The van der Waals surface area contributed by atoms with Gasteiger partial charge in [-0.2, -0.15) is 0 Å². The van der Waals surface area contributed by atoms with Crippen molar-refractivity contribution >= 4 is 28.5 Å². The number of ether oxygens (including phenoxy) is 2. The Morgan fingerprint density at radius 3 is 2.93 bits per heavy atom. The zero-order valence-electron chi connectivity index (χ0n) is 15.5. The number of halogens is 1. The minimum absolute atomic E-state index is 0.225. The maximum Gasteiger partial charge on any atom is 0.274 e. The Labute approximate surface area is 165 Å². The number of hydrogen-bond acceptors (Lipinski definition) is 5. The van der Waals surface area contributed by atoms with Gasteiger partial charge in [-0.3, -0.25) is 19.4 Å². The highest BCUT2D eigenvalue weighted by Gasteiger charge is 2.19. The molecule has 3 heterocycles. The lowest BCUT2D eigenvalue weighted by atomic mass is 10.1. The lowest BCUT2D eigenvalue weighted by Gasteiger charge is -2.12. The molecule has 2 aromatic heterocycles. The smallest absolute Gasteiger partial charge is 0.274 e. The van der Waals surface area contributed by atoms with Crippen LogP contribution < -0.4 is 20.3 Å². The van der Waals surface area contributed by atoms with Crippen LogP contribution in [0.15, 0.2) is 23.0 Å². The van der Waals surface area contributed by atoms with E-state index in [-0.39, 0.29) is 29.0 Å². The summed E-state index contributed by atoms with van der Waals surface area (Å²) in [4.78, 5) is 29.3. The van der Waals surface area contributed by atoms with Crippen molar-refractivity contribution in [2.45, 2.75) is 19.9 Å². The second-order valence-electron chi connectivity index (χ2n) is 6.65. The molecule has 1 aromatic carbocycles. The van der Waals surface area contributed by atoms with Gasteiger partial charge in [0.05, 0.1) is 29.2 Å². The molecule has 1 amide bonds. The second-order valence-corrected chi connectivity index (χ2v) is 7.06. The summed E-state index contributed by atoms with van der Waals surface area (Å²) in [5, 5.41) is 6.17. The monoisotopic (exact) mass is 402 g/mol. The molecule has 3 aromatic rings. The van der Waals surface area contributed by atoms with Gasteiger partial charge in [0, 0.05) is 25.7 Å². The summed E-state index contributed by atoms with van der Waals surface area (Å²) in [6.45, 7) is 3.09. The van der Waals surface area contributed by atoms with Crippen LogP contribution >= 0.6 is 11.6 Å². The van der Waals surface area contributed by atoms with E-state index >= 15 is 0 Å². The molecule has 8 nitrogen and oxygen atoms in total. The van der Waals surface area contributed by atoms with Gasteiger partial charge in [-0.25, -0.2) is 4.98 Å². The molecule has 0 fully saturated rings. The number of H-pyrrole nitrogens is 1. The number of aromatic amines is 1. The summed E-state index contributed by atoms with van der Waals surface area (Å²) in [7, 11) is 1.68. The number of hydrogen-bond donors (Lipinski definition) is 2. The molecule has 0 bridgehead atoms. The molecule has 2 N–H and O–H groups in total. The van der Waals surface area contributed by atoms with E-state index in [1.165, 1.54) is 4.68 Å². The summed E-state index contributed by atoms with van der Waals surface area (Å²) >= 11 is 6.30. The quantitative estimate of drug-likeness (QED) is 0.700. The molecule has 9 heteroatoms. The van der Waals surface area contributed by atoms with Crippen LogP contribution in [0.3, 0.4) is 0 Å². The topological polar surface area (TPSA) is 98.2 Å². The molecule has 0 saturated heterocycles. The summed E-state index contributed by atoms with van der Waals surface area (Å²) in [6, 6.07) is 5.14. The van der Waals surface area contributed by atoms with Crippen molar-refractivity contribution < 1.29 is 14.3 Å². The standard InChI is InChI=1S/C19H19ClN4O4/c1-10-6-12(15-17(22-10)24(2)23-19(15)26)18(25)21-9-11-7-13(20)16-14(8-11)27-4-3-5-28-16/h6-8H,3-5,9H2,1-2H3,(H,21,25)(H,23,26). The lowest BCUT2D eigenvalue weighted by Crippen LogP contribution is -2.24. The summed E-state index contributed by atoms with van der Waals surface area (Å²) in [6.07, 6.45) is 0.778. The molecule has 0 saturated carbocycles. The third-order valence-corrected chi connectivity index (χ3v) is 4.78. The molecule has 0 radical (unpaired) electrons. The first-order valence-corrected chi connectivity index (χ1v) is 9.24. The lowest BCUT2D eigenvalue weighted by molar-refractivity contribution is 0.0952. The predicted octanol–water partition coefficient (Wildman–Crippen LogP) is 2.31. The van der Waals surface area contributed by atoms with Crippen LogP contribution in [0.25, 0.3) is 11.0 Å². The van der Waals surface area contributed by atoms with Crippen LogP contribution in [-0.4, -0.2) is 33.9 Å². The van der Waals surface area contributed by atoms with Gasteiger partial charge in [0.2, 0.25) is 0 Å². The van der Waals surface area contributed by atoms with E-state index in [9.17, 15) is 9.59 Å². The number of aromatic nitrogens is 3. The van der Waals surface area contributed by atoms with E-state index in [2.05, 4.69) is 15.4 Å². The van der Waals surface area contributed by atoms with E-state index in [1.807, 2.05) is 0 Å². The molecule has 0 aliphatic carbocycles. The van der Waals surface area contributed by atoms with Gasteiger partial charge in [0.15, 0.2) is 17.1 Å². The number of benzene rings is 1. The van der Waals surface area contributed by atoms with Crippen LogP contribution in [0, 0.1) is 6.92 Å². The number of nitrogens with zero attached hydrogens (tertiary/aromatic N) is 2. The number of pyridine rings is 1. The molecule has 0 atom stereocenters. The fourth-order valence-corrected chi connectivity index (χ4v) is 3.52. The van der Waals surface area contributed by atoms with Gasteiger partial charge in [-0.1, -0.05) is 11.6 Å². The molecule has 28 heavy (non-hydrogen) atoms. The SMILES string of the molecule is Cc1cc(C(=O)NCc2cc(Cl)c3c(c2)OCCCO3)c2c(=O)[nH]n(C)c2n1. The first-order valence-electron chi connectivity index (χ1n) is 8.86. The van der Waals surface area contributed by atoms with E-state index < -0.39 is 0 Å². The molecule has 0 unspecified atom stereocenters. The fourth-order valence-electron chi connectivity index (χ4n) is 3.23. The molecular weight excluding hydrogens is 384 g/mol. The number of rotatable bonds is 3. The van der Waals surface area contributed by atoms with Crippen molar-refractivity contribution in [2.24, 2.45) is 7.05 Å². The predicted molar refractivity (Wildman–Crippen MR) is 104 cm³/mol. The van der Waals surface area contributed by atoms with E-state index in [1.54, 1.807) is 32.2 Å². The molecule has 146 valence electrons. The highest BCUT2D eigenvalue weighted by atomic mass is 35.5. The van der Waals surface area contributed by atoms with Crippen LogP contribution in [0.1, 0.15) is 28.0 Å². The van der Waals surface area contributed by atoms with Crippen molar-refractivity contribution in [3.63, 3.8) is 0 Å². The van der Waals surface area contributed by atoms with Crippen LogP contribution in [0.4, 0.5) is 0 Å². The van der Waals surface area contributed by atoms with Gasteiger partial charge in [0.25, 0.3) is 11.5 Å². The molecule has 0 spiro atoms. The van der Waals surface area contributed by atoms with E-state index in [0.29, 0.717) is 41.1 Å². The Morgan fingerprint density at radius 2 is 2.11 bits per heavy atom. The van der Waals surface area contributed by atoms with Crippen molar-refractivity contribution in [3.05, 3.63) is 50.4 Å². The average molecular weight is 403 g/mol. The number of amides is 1. The van der Waals surface area contributed by atoms with Gasteiger partial charge in [0.1, 0.15) is 0 Å². The maximum atomic E-state index is 12.8. The van der Waals surface area contributed by atoms with Crippen molar-refractivity contribution in [1.29, 1.82) is 0 Å². The van der Waals surface area contributed by atoms with E-state index in [0.717, 1.165) is 12.0 Å². The second kappa shape index (κ2) is 7.20. The van der Waals surface area contributed by atoms with Crippen LogP contribution in [0.2, 0.25) is 5.02 Å². The molecule has 1 aliphatic heterocycles. The normalized spacial score (nSPS) is 13.4. The molecule has 1 aliphatic rings. The minimum atomic E-state index is -0.365. The highest BCUT2D eigenvalue weighted by molar-refractivity contribution is 6.32. The van der Waals surface area contributed by atoms with Crippen molar-refractivity contribution in [3.8, 4) is 11.5 Å². The Morgan fingerprint density at radius 1 is 1.32 bits per heavy atom. The summed E-state index contributed by atoms with van der Waals surface area (Å²) in [5.74, 6) is 0.725. The van der Waals surface area contributed by atoms with Crippen LogP contribution in [0.5, 0.6) is 11.5 Å². The number of fused-ring (bicyclic) bond motifs is 2. The molecular formula is C19H19ClN4O4. The van der Waals surface area contributed by atoms with E-state index in [4.69, 9.17) is 21.1 Å². The number of carbonyl (C=O) groups is 1. The van der Waals surface area contributed by atoms with Gasteiger partial charge in [-0.05, 0) is 30.7 Å². The average Bonchev–Trinajstić information content (AvgIpc) is 2.83. The first kappa shape index (κ1) is 18.4. The Kier molecular flexibility index (Phi) is 4.72. The number of aryl methyl sites for hydroxylation is 2. The van der Waals surface area contributed by atoms with Gasteiger partial charge >= 0.3 is 0 Å². The Hall–Kier alpha value is -3.00. The van der Waals surface area contributed by atoms with Crippen molar-refractivity contribution in [1.82, 2.24) is 20.1 Å². The zero-order valence-corrected chi connectivity index (χ0v) is 16.2. The first-order chi connectivity index (χ1) is 13.4. The third-order valence-electron chi connectivity index (χ3n) is 4.50. The van der Waals surface area contributed by atoms with Crippen LogP contribution in [-0.2, 0) is 13.6 Å². The third kappa shape index (κ3) is 3.31. The van der Waals surface area contributed by atoms with Gasteiger partial charge < -0.3 is 14.8 Å². The highest BCUT2D eigenvalue weighted by Crippen LogP contribution is 2.38. The Bertz CT molecular complexity index is 1140. The zero-order chi connectivity index (χ0) is 19.8. The summed E-state index contributed by atoms with van der Waals surface area (Å²) in [5.41, 5.74) is 1.78. The molecule has 4 rings (SSSR count). The Balaban J connectivity index is 1.61. The van der Waals surface area contributed by atoms with Gasteiger partial charge in [-0.15, -0.1) is 0 Å². The fraction of sp³-hybridized carbons (Fsp3) is 0.316. The minimum Gasteiger partial charge on any atom is -0.489 e.